The van der Waals surface area contributed by atoms with E-state index in [1.807, 2.05) is 0 Å². The second-order valence-corrected chi connectivity index (χ2v) is 5.80. The van der Waals surface area contributed by atoms with Crippen LogP contribution in [0.15, 0.2) is 18.2 Å². The third-order valence-electron chi connectivity index (χ3n) is 4.74. The topological polar surface area (TPSA) is 29.9 Å². The van der Waals surface area contributed by atoms with E-state index >= 15 is 0 Å². The molecule has 1 saturated carbocycles. The second kappa shape index (κ2) is 4.97. The van der Waals surface area contributed by atoms with Gasteiger partial charge in [-0.05, 0) is 63.3 Å². The van der Waals surface area contributed by atoms with Crippen LogP contribution in [-0.4, -0.2) is 22.6 Å². The fourth-order valence-electron chi connectivity index (χ4n) is 3.30. The van der Waals surface area contributed by atoms with Gasteiger partial charge in [-0.1, -0.05) is 6.07 Å². The molecule has 102 valence electrons. The Bertz CT molecular complexity index is 577. The predicted molar refractivity (Wildman–Crippen MR) is 79.5 cm³/mol. The van der Waals surface area contributed by atoms with Gasteiger partial charge in [-0.25, -0.2) is 4.98 Å². The number of rotatable bonds is 2. The lowest BCUT2D eigenvalue weighted by molar-refractivity contribution is 0.359. The molecule has 0 spiro atoms. The highest BCUT2D eigenvalue weighted by atomic mass is 15.0. The van der Waals surface area contributed by atoms with Crippen molar-refractivity contribution in [2.24, 2.45) is 7.05 Å². The van der Waals surface area contributed by atoms with Gasteiger partial charge < -0.3 is 9.88 Å². The summed E-state index contributed by atoms with van der Waals surface area (Å²) in [6.07, 6.45) is 5.19. The highest BCUT2D eigenvalue weighted by Crippen LogP contribution is 2.34. The van der Waals surface area contributed by atoms with Crippen LogP contribution in [0.2, 0.25) is 0 Å². The zero-order valence-electron chi connectivity index (χ0n) is 12.1. The standard InChI is InChI=1S/C16H23N3/c1-11-18-15-9-6-13(10-16(15)19(11)3)12-4-7-14(17-2)8-5-12/h6,9-10,12,14,17H,4-5,7-8H2,1-3H3. The third-order valence-corrected chi connectivity index (χ3v) is 4.74. The predicted octanol–water partition coefficient (Wildman–Crippen LogP) is 3.13. The van der Waals surface area contributed by atoms with Gasteiger partial charge in [-0.2, -0.15) is 0 Å². The van der Waals surface area contributed by atoms with Gasteiger partial charge in [-0.15, -0.1) is 0 Å². The van der Waals surface area contributed by atoms with E-state index in [4.69, 9.17) is 0 Å². The molecule has 3 nitrogen and oxygen atoms in total. The number of imidazole rings is 1. The van der Waals surface area contributed by atoms with E-state index in [1.165, 1.54) is 36.8 Å². The zero-order chi connectivity index (χ0) is 13.4. The molecule has 1 aromatic carbocycles. The summed E-state index contributed by atoms with van der Waals surface area (Å²) in [6.45, 7) is 2.07. The number of hydrogen-bond donors (Lipinski definition) is 1. The van der Waals surface area contributed by atoms with E-state index in [-0.39, 0.29) is 0 Å². The molecule has 19 heavy (non-hydrogen) atoms. The van der Waals surface area contributed by atoms with Crippen LogP contribution in [0, 0.1) is 6.92 Å². The minimum absolute atomic E-state index is 0.721. The highest BCUT2D eigenvalue weighted by molar-refractivity contribution is 5.77. The number of fused-ring (bicyclic) bond motifs is 1. The molecule has 0 atom stereocenters. The quantitative estimate of drug-likeness (QED) is 0.895. The van der Waals surface area contributed by atoms with Gasteiger partial charge in [-0.3, -0.25) is 0 Å². The Labute approximate surface area is 115 Å². The Balaban J connectivity index is 1.87. The van der Waals surface area contributed by atoms with Crippen LogP contribution in [0.4, 0.5) is 0 Å². The first kappa shape index (κ1) is 12.7. The largest absolute Gasteiger partial charge is 0.331 e. The molecule has 1 N–H and O–H groups in total. The molecule has 1 aromatic heterocycles. The van der Waals surface area contributed by atoms with Crippen molar-refractivity contribution < 1.29 is 0 Å². The molecule has 0 amide bonds. The molecular formula is C16H23N3. The Hall–Kier alpha value is -1.35. The first-order valence-corrected chi connectivity index (χ1v) is 7.29. The fourth-order valence-corrected chi connectivity index (χ4v) is 3.30. The lowest BCUT2D eigenvalue weighted by Gasteiger charge is -2.28. The molecule has 2 aromatic rings. The molecule has 1 fully saturated rings. The van der Waals surface area contributed by atoms with Crippen molar-refractivity contribution in [3.8, 4) is 0 Å². The van der Waals surface area contributed by atoms with Gasteiger partial charge in [0, 0.05) is 13.1 Å². The van der Waals surface area contributed by atoms with Crippen molar-refractivity contribution in [1.29, 1.82) is 0 Å². The van der Waals surface area contributed by atoms with Crippen LogP contribution in [0.1, 0.15) is 43.0 Å². The molecule has 1 aliphatic carbocycles. The van der Waals surface area contributed by atoms with E-state index in [2.05, 4.69) is 54.1 Å². The van der Waals surface area contributed by atoms with E-state index < -0.39 is 0 Å². The minimum Gasteiger partial charge on any atom is -0.331 e. The molecule has 0 bridgehead atoms. The Morgan fingerprint density at radius 2 is 1.95 bits per heavy atom. The van der Waals surface area contributed by atoms with Crippen LogP contribution in [-0.2, 0) is 7.05 Å². The zero-order valence-corrected chi connectivity index (χ0v) is 12.1. The molecule has 1 heterocycles. The number of benzene rings is 1. The Morgan fingerprint density at radius 3 is 2.63 bits per heavy atom. The number of aryl methyl sites for hydroxylation is 2. The lowest BCUT2D eigenvalue weighted by Crippen LogP contribution is -2.29. The number of aromatic nitrogens is 2. The summed E-state index contributed by atoms with van der Waals surface area (Å²) in [5.74, 6) is 1.82. The SMILES string of the molecule is CNC1CCC(c2ccc3nc(C)n(C)c3c2)CC1. The lowest BCUT2D eigenvalue weighted by atomic mass is 9.82. The molecule has 0 aliphatic heterocycles. The van der Waals surface area contributed by atoms with E-state index in [0.717, 1.165) is 23.3 Å². The van der Waals surface area contributed by atoms with Gasteiger partial charge in [0.2, 0.25) is 0 Å². The molecule has 0 unspecified atom stereocenters. The van der Waals surface area contributed by atoms with Gasteiger partial charge in [0.15, 0.2) is 0 Å². The second-order valence-electron chi connectivity index (χ2n) is 5.80. The minimum atomic E-state index is 0.721. The molecule has 1 aliphatic rings. The number of hydrogen-bond acceptors (Lipinski definition) is 2. The Kier molecular flexibility index (Phi) is 3.31. The average molecular weight is 257 g/mol. The van der Waals surface area contributed by atoms with Crippen LogP contribution >= 0.6 is 0 Å². The smallest absolute Gasteiger partial charge is 0.106 e. The summed E-state index contributed by atoms with van der Waals surface area (Å²) in [5.41, 5.74) is 3.88. The summed E-state index contributed by atoms with van der Waals surface area (Å²) in [4.78, 5) is 4.58. The van der Waals surface area contributed by atoms with Crippen molar-refractivity contribution in [1.82, 2.24) is 14.9 Å². The first-order chi connectivity index (χ1) is 9.19. The highest BCUT2D eigenvalue weighted by Gasteiger charge is 2.21. The fraction of sp³-hybridized carbons (Fsp3) is 0.562. The number of nitrogens with one attached hydrogen (secondary N) is 1. The summed E-state index contributed by atoms with van der Waals surface area (Å²) < 4.78 is 2.19. The van der Waals surface area contributed by atoms with Crippen molar-refractivity contribution in [2.75, 3.05) is 7.05 Å². The van der Waals surface area contributed by atoms with E-state index in [1.54, 1.807) is 0 Å². The third kappa shape index (κ3) is 2.27. The maximum absolute atomic E-state index is 4.58. The summed E-state index contributed by atoms with van der Waals surface area (Å²) in [7, 11) is 4.18. The van der Waals surface area contributed by atoms with Gasteiger partial charge in [0.25, 0.3) is 0 Å². The van der Waals surface area contributed by atoms with E-state index in [9.17, 15) is 0 Å². The van der Waals surface area contributed by atoms with Crippen molar-refractivity contribution in [3.05, 3.63) is 29.6 Å². The molecule has 3 rings (SSSR count). The Morgan fingerprint density at radius 1 is 1.21 bits per heavy atom. The summed E-state index contributed by atoms with van der Waals surface area (Å²) >= 11 is 0. The van der Waals surface area contributed by atoms with Gasteiger partial charge in [0.1, 0.15) is 5.82 Å². The van der Waals surface area contributed by atoms with Gasteiger partial charge >= 0.3 is 0 Å². The maximum Gasteiger partial charge on any atom is 0.106 e. The maximum atomic E-state index is 4.58. The average Bonchev–Trinajstić information content (AvgIpc) is 2.74. The van der Waals surface area contributed by atoms with Crippen molar-refractivity contribution in [3.63, 3.8) is 0 Å². The monoisotopic (exact) mass is 257 g/mol. The normalized spacial score (nSPS) is 23.9. The van der Waals surface area contributed by atoms with Crippen LogP contribution in [0.5, 0.6) is 0 Å². The van der Waals surface area contributed by atoms with E-state index in [0.29, 0.717) is 0 Å². The molecule has 3 heteroatoms. The number of nitrogens with zero attached hydrogens (tertiary/aromatic N) is 2. The van der Waals surface area contributed by atoms with Gasteiger partial charge in [0.05, 0.1) is 11.0 Å². The molecule has 0 saturated heterocycles. The van der Waals surface area contributed by atoms with Crippen molar-refractivity contribution >= 4 is 11.0 Å². The van der Waals surface area contributed by atoms with Crippen LogP contribution in [0.25, 0.3) is 11.0 Å². The van der Waals surface area contributed by atoms with Crippen molar-refractivity contribution in [2.45, 2.75) is 44.6 Å². The molecular weight excluding hydrogens is 234 g/mol. The first-order valence-electron chi connectivity index (χ1n) is 7.29. The summed E-state index contributed by atoms with van der Waals surface area (Å²) in [6, 6.07) is 7.53. The summed E-state index contributed by atoms with van der Waals surface area (Å²) in [5, 5.41) is 3.40. The van der Waals surface area contributed by atoms with Crippen LogP contribution < -0.4 is 5.32 Å². The van der Waals surface area contributed by atoms with Crippen LogP contribution in [0.3, 0.4) is 0 Å². The molecule has 0 radical (unpaired) electrons.